The van der Waals surface area contributed by atoms with Crippen LogP contribution in [0.3, 0.4) is 0 Å². The number of fused-ring (bicyclic) bond motifs is 1. The molecule has 5 aromatic rings. The molecule has 0 fully saturated rings. The number of aryl methyl sites for hydroxylation is 3. The van der Waals surface area contributed by atoms with Crippen LogP contribution in [-0.2, 0) is 19.4 Å². The summed E-state index contributed by atoms with van der Waals surface area (Å²) in [5.41, 5.74) is 1.74. The smallest absolute Gasteiger partial charge is 0.226 e. The summed E-state index contributed by atoms with van der Waals surface area (Å²) in [6.07, 6.45) is 5.37. The highest BCUT2D eigenvalue weighted by Gasteiger charge is 2.13. The van der Waals surface area contributed by atoms with Gasteiger partial charge in [0.15, 0.2) is 5.82 Å². The summed E-state index contributed by atoms with van der Waals surface area (Å²) in [4.78, 5) is 4.61. The fraction of sp³-hybridized carbons (Fsp3) is 0.250. The topological polar surface area (TPSA) is 103 Å². The minimum Gasteiger partial charge on any atom is -0.487 e. The normalized spacial score (nSPS) is 11.3. The van der Waals surface area contributed by atoms with E-state index in [1.165, 1.54) is 0 Å². The van der Waals surface area contributed by atoms with Gasteiger partial charge in [-0.1, -0.05) is 23.4 Å². The van der Waals surface area contributed by atoms with Gasteiger partial charge in [0.05, 0.1) is 6.26 Å². The van der Waals surface area contributed by atoms with Gasteiger partial charge in [-0.05, 0) is 50.1 Å². The maximum absolute atomic E-state index is 6.04. The molecule has 0 radical (unpaired) electrons. The van der Waals surface area contributed by atoms with Crippen LogP contribution in [-0.4, -0.2) is 25.6 Å². The molecular weight excluding hydrogens is 406 g/mol. The average molecular weight is 429 g/mol. The SMILES string of the molecule is Cc1oc(-c2ccccc2)nc1COc1ccc2coc(CCCCc3nn[nH]n3)c2c1. The quantitative estimate of drug-likeness (QED) is 0.327. The Morgan fingerprint density at radius 2 is 1.91 bits per heavy atom. The summed E-state index contributed by atoms with van der Waals surface area (Å²) in [6, 6.07) is 15.9. The molecule has 1 N–H and O–H groups in total. The Bertz CT molecular complexity index is 1290. The van der Waals surface area contributed by atoms with Crippen LogP contribution in [0, 0.1) is 6.92 Å². The molecule has 0 spiro atoms. The molecule has 3 aromatic heterocycles. The summed E-state index contributed by atoms with van der Waals surface area (Å²) in [5.74, 6) is 3.84. The number of ether oxygens (including phenoxy) is 1. The Hall–Kier alpha value is -3.94. The van der Waals surface area contributed by atoms with E-state index in [1.807, 2.05) is 55.5 Å². The number of rotatable bonds is 9. The van der Waals surface area contributed by atoms with Gasteiger partial charge in [0.25, 0.3) is 0 Å². The van der Waals surface area contributed by atoms with Crippen LogP contribution in [0.15, 0.2) is 63.6 Å². The van der Waals surface area contributed by atoms with Gasteiger partial charge in [0.1, 0.15) is 29.6 Å². The molecule has 0 aliphatic heterocycles. The lowest BCUT2D eigenvalue weighted by molar-refractivity contribution is 0.300. The number of benzene rings is 2. The molecular formula is C24H23N5O3. The first-order valence-electron chi connectivity index (χ1n) is 10.6. The van der Waals surface area contributed by atoms with Gasteiger partial charge in [-0.2, -0.15) is 5.21 Å². The van der Waals surface area contributed by atoms with E-state index in [0.29, 0.717) is 12.5 Å². The molecule has 32 heavy (non-hydrogen) atoms. The summed E-state index contributed by atoms with van der Waals surface area (Å²) in [6.45, 7) is 2.25. The molecule has 8 heteroatoms. The van der Waals surface area contributed by atoms with E-state index in [1.54, 1.807) is 6.26 Å². The van der Waals surface area contributed by atoms with E-state index in [-0.39, 0.29) is 0 Å². The highest BCUT2D eigenvalue weighted by atomic mass is 16.5. The number of tetrazole rings is 1. The van der Waals surface area contributed by atoms with Crippen LogP contribution in [0.25, 0.3) is 22.2 Å². The molecule has 2 aromatic carbocycles. The van der Waals surface area contributed by atoms with Gasteiger partial charge in [-0.25, -0.2) is 4.98 Å². The Morgan fingerprint density at radius 3 is 2.75 bits per heavy atom. The van der Waals surface area contributed by atoms with E-state index >= 15 is 0 Å². The molecule has 0 unspecified atom stereocenters. The van der Waals surface area contributed by atoms with Crippen LogP contribution in [0.4, 0.5) is 0 Å². The van der Waals surface area contributed by atoms with Crippen molar-refractivity contribution in [2.75, 3.05) is 0 Å². The minimum absolute atomic E-state index is 0.339. The Labute approximate surface area is 184 Å². The second-order valence-electron chi connectivity index (χ2n) is 7.62. The van der Waals surface area contributed by atoms with E-state index in [2.05, 4.69) is 25.6 Å². The van der Waals surface area contributed by atoms with Crippen molar-refractivity contribution in [3.05, 3.63) is 77.8 Å². The lowest BCUT2D eigenvalue weighted by atomic mass is 10.1. The van der Waals surface area contributed by atoms with Crippen molar-refractivity contribution in [2.24, 2.45) is 0 Å². The summed E-state index contributed by atoms with van der Waals surface area (Å²) < 4.78 is 17.7. The number of aromatic amines is 1. The number of aromatic nitrogens is 5. The van der Waals surface area contributed by atoms with Crippen LogP contribution in [0.1, 0.15) is 35.9 Å². The van der Waals surface area contributed by atoms with Crippen molar-refractivity contribution in [1.82, 2.24) is 25.6 Å². The number of nitrogens with one attached hydrogen (secondary N) is 1. The van der Waals surface area contributed by atoms with Crippen LogP contribution in [0.2, 0.25) is 0 Å². The fourth-order valence-corrected chi connectivity index (χ4v) is 3.64. The maximum atomic E-state index is 6.04. The molecule has 0 atom stereocenters. The van der Waals surface area contributed by atoms with E-state index in [9.17, 15) is 0 Å². The Morgan fingerprint density at radius 1 is 1.03 bits per heavy atom. The zero-order chi connectivity index (χ0) is 21.8. The van der Waals surface area contributed by atoms with Crippen LogP contribution in [0.5, 0.6) is 5.75 Å². The zero-order valence-corrected chi connectivity index (χ0v) is 17.7. The second kappa shape index (κ2) is 9.05. The van der Waals surface area contributed by atoms with Crippen molar-refractivity contribution in [1.29, 1.82) is 0 Å². The number of nitrogens with zero attached hydrogens (tertiary/aromatic N) is 4. The second-order valence-corrected chi connectivity index (χ2v) is 7.62. The summed E-state index contributed by atoms with van der Waals surface area (Å²) in [5, 5.41) is 16.2. The fourth-order valence-electron chi connectivity index (χ4n) is 3.64. The Kier molecular flexibility index (Phi) is 5.65. The van der Waals surface area contributed by atoms with E-state index in [0.717, 1.165) is 70.8 Å². The van der Waals surface area contributed by atoms with Gasteiger partial charge >= 0.3 is 0 Å². The molecule has 162 valence electrons. The van der Waals surface area contributed by atoms with Gasteiger partial charge < -0.3 is 13.6 Å². The standard InChI is InChI=1S/C24H23N5O3/c1-16-21(25-24(32-16)17-7-3-2-4-8-17)15-30-19-12-11-18-14-31-22(20(18)13-19)9-5-6-10-23-26-28-29-27-23/h2-4,7-8,11-14H,5-6,9-10,15H2,1H3,(H,26,27,28,29). The van der Waals surface area contributed by atoms with Crippen LogP contribution >= 0.6 is 0 Å². The van der Waals surface area contributed by atoms with E-state index < -0.39 is 0 Å². The van der Waals surface area contributed by atoms with Crippen molar-refractivity contribution >= 4 is 10.8 Å². The maximum Gasteiger partial charge on any atom is 0.226 e. The predicted molar refractivity (Wildman–Crippen MR) is 118 cm³/mol. The number of hydrogen-bond acceptors (Lipinski definition) is 7. The predicted octanol–water partition coefficient (Wildman–Crippen LogP) is 5.05. The molecule has 0 aliphatic rings. The molecule has 8 nitrogen and oxygen atoms in total. The van der Waals surface area contributed by atoms with Crippen molar-refractivity contribution in [3.63, 3.8) is 0 Å². The zero-order valence-electron chi connectivity index (χ0n) is 17.7. The monoisotopic (exact) mass is 429 g/mol. The Balaban J connectivity index is 1.23. The van der Waals surface area contributed by atoms with Gasteiger partial charge in [-0.15, -0.1) is 10.2 Å². The summed E-state index contributed by atoms with van der Waals surface area (Å²) in [7, 11) is 0. The van der Waals surface area contributed by atoms with Crippen molar-refractivity contribution in [2.45, 2.75) is 39.2 Å². The lowest BCUT2D eigenvalue weighted by Gasteiger charge is -2.05. The first-order valence-corrected chi connectivity index (χ1v) is 10.6. The highest BCUT2D eigenvalue weighted by molar-refractivity contribution is 5.85. The van der Waals surface area contributed by atoms with Crippen molar-refractivity contribution in [3.8, 4) is 17.2 Å². The van der Waals surface area contributed by atoms with Gasteiger partial charge in [0, 0.05) is 29.2 Å². The average Bonchev–Trinajstić information content (AvgIpc) is 3.56. The third kappa shape index (κ3) is 4.39. The molecule has 3 heterocycles. The number of unbranched alkanes of at least 4 members (excludes halogenated alkanes) is 1. The number of oxazole rings is 1. The van der Waals surface area contributed by atoms with Crippen LogP contribution < -0.4 is 4.74 Å². The third-order valence-electron chi connectivity index (χ3n) is 5.39. The summed E-state index contributed by atoms with van der Waals surface area (Å²) >= 11 is 0. The minimum atomic E-state index is 0.339. The molecule has 0 aliphatic carbocycles. The first-order chi connectivity index (χ1) is 15.8. The van der Waals surface area contributed by atoms with Gasteiger partial charge in [-0.3, -0.25) is 0 Å². The number of H-pyrrole nitrogens is 1. The molecule has 0 bridgehead atoms. The largest absolute Gasteiger partial charge is 0.487 e. The molecule has 0 saturated heterocycles. The lowest BCUT2D eigenvalue weighted by Crippen LogP contribution is -1.97. The first kappa shape index (κ1) is 20.0. The van der Waals surface area contributed by atoms with Gasteiger partial charge in [0.2, 0.25) is 5.89 Å². The molecule has 0 saturated carbocycles. The third-order valence-corrected chi connectivity index (χ3v) is 5.39. The van der Waals surface area contributed by atoms with Crippen molar-refractivity contribution < 1.29 is 13.6 Å². The number of hydrogen-bond donors (Lipinski definition) is 1. The van der Waals surface area contributed by atoms with E-state index in [4.69, 9.17) is 13.6 Å². The highest BCUT2D eigenvalue weighted by Crippen LogP contribution is 2.28. The molecule has 0 amide bonds. The number of furan rings is 1. The molecule has 5 rings (SSSR count).